The van der Waals surface area contributed by atoms with Crippen LogP contribution >= 0.6 is 0 Å². The van der Waals surface area contributed by atoms with E-state index in [-0.39, 0.29) is 17.9 Å². The van der Waals surface area contributed by atoms with E-state index in [9.17, 15) is 26.4 Å². The molecule has 140 valence electrons. The van der Waals surface area contributed by atoms with Gasteiger partial charge in [0.1, 0.15) is 5.75 Å². The highest BCUT2D eigenvalue weighted by molar-refractivity contribution is 7.92. The van der Waals surface area contributed by atoms with E-state index < -0.39 is 39.1 Å². The smallest absolute Gasteiger partial charge is 0.308 e. The van der Waals surface area contributed by atoms with E-state index in [4.69, 9.17) is 4.74 Å². The number of hydrogen-bond acceptors (Lipinski definition) is 5. The molecule has 0 amide bonds. The normalized spacial score (nSPS) is 11.1. The van der Waals surface area contributed by atoms with Gasteiger partial charge in [0.15, 0.2) is 17.5 Å². The summed E-state index contributed by atoms with van der Waals surface area (Å²) in [6, 6.07) is 6.38. The van der Waals surface area contributed by atoms with Crippen LogP contribution in [-0.2, 0) is 19.6 Å². The number of carbonyl (C=O) groups excluding carboxylic acids is 1. The van der Waals surface area contributed by atoms with Gasteiger partial charge in [0.05, 0.1) is 30.7 Å². The van der Waals surface area contributed by atoms with Crippen molar-refractivity contribution in [1.29, 1.82) is 0 Å². The average Bonchev–Trinajstić information content (AvgIpc) is 2.62. The lowest BCUT2D eigenvalue weighted by molar-refractivity contribution is -0.141. The van der Waals surface area contributed by atoms with Crippen LogP contribution in [0.15, 0.2) is 41.3 Å². The van der Waals surface area contributed by atoms with Gasteiger partial charge in [-0.2, -0.15) is 0 Å². The zero-order chi connectivity index (χ0) is 19.3. The first-order valence-corrected chi connectivity index (χ1v) is 8.69. The first-order chi connectivity index (χ1) is 12.2. The molecule has 0 saturated carbocycles. The Kier molecular flexibility index (Phi) is 6.09. The number of rotatable bonds is 7. The highest BCUT2D eigenvalue weighted by atomic mass is 32.2. The van der Waals surface area contributed by atoms with E-state index >= 15 is 0 Å². The fraction of sp³-hybridized carbons (Fsp3) is 0.188. The molecule has 0 atom stereocenters. The average molecular weight is 389 g/mol. The second kappa shape index (κ2) is 8.09. The number of methoxy groups -OCH3 is 1. The molecule has 0 fully saturated rings. The van der Waals surface area contributed by atoms with Crippen molar-refractivity contribution in [3.8, 4) is 5.75 Å². The Morgan fingerprint density at radius 3 is 2.31 bits per heavy atom. The first kappa shape index (κ1) is 19.6. The molecule has 0 aliphatic rings. The number of sulfonamides is 1. The quantitative estimate of drug-likeness (QED) is 0.582. The minimum atomic E-state index is -4.23. The zero-order valence-electron chi connectivity index (χ0n) is 13.5. The van der Waals surface area contributed by atoms with Gasteiger partial charge in [-0.05, 0) is 36.4 Å². The second-order valence-electron chi connectivity index (χ2n) is 4.97. The highest BCUT2D eigenvalue weighted by Crippen LogP contribution is 2.24. The maximum absolute atomic E-state index is 13.6. The van der Waals surface area contributed by atoms with Crippen molar-refractivity contribution in [3.63, 3.8) is 0 Å². The number of hydrogen-bond donors (Lipinski definition) is 1. The molecule has 0 aliphatic carbocycles. The van der Waals surface area contributed by atoms with Crippen molar-refractivity contribution in [3.05, 3.63) is 53.8 Å². The third-order valence-corrected chi connectivity index (χ3v) is 4.60. The van der Waals surface area contributed by atoms with Crippen LogP contribution in [0, 0.1) is 17.5 Å². The van der Waals surface area contributed by atoms with Gasteiger partial charge in [-0.15, -0.1) is 0 Å². The molecular weight excluding hydrogens is 375 g/mol. The summed E-state index contributed by atoms with van der Waals surface area (Å²) in [5.74, 6) is -5.01. The summed E-state index contributed by atoms with van der Waals surface area (Å²) in [4.78, 5) is 10.7. The summed E-state index contributed by atoms with van der Waals surface area (Å²) in [5.41, 5.74) is -0.720. The molecule has 1 N–H and O–H groups in total. The largest absolute Gasteiger partial charge is 0.493 e. The van der Waals surface area contributed by atoms with E-state index in [2.05, 4.69) is 4.74 Å². The lowest BCUT2D eigenvalue weighted by Gasteiger charge is -2.10. The number of esters is 1. The number of benzene rings is 2. The Labute approximate surface area is 147 Å². The predicted octanol–water partition coefficient (Wildman–Crippen LogP) is 2.85. The maximum atomic E-state index is 13.6. The number of anilines is 1. The SMILES string of the molecule is COC(=O)CCOc1ccc(S(=O)(=O)Nc2ccc(F)c(F)c2F)cc1. The number of carbonyl (C=O) groups is 1. The van der Waals surface area contributed by atoms with Gasteiger partial charge < -0.3 is 9.47 Å². The third kappa shape index (κ3) is 4.66. The van der Waals surface area contributed by atoms with Gasteiger partial charge in [-0.1, -0.05) is 0 Å². The van der Waals surface area contributed by atoms with Crippen LogP contribution in [0.5, 0.6) is 5.75 Å². The number of ether oxygens (including phenoxy) is 2. The molecule has 2 rings (SSSR count). The van der Waals surface area contributed by atoms with Crippen LogP contribution in [0.3, 0.4) is 0 Å². The van der Waals surface area contributed by atoms with Crippen LogP contribution in [-0.4, -0.2) is 28.1 Å². The van der Waals surface area contributed by atoms with Crippen molar-refractivity contribution in [2.45, 2.75) is 11.3 Å². The van der Waals surface area contributed by atoms with E-state index in [1.165, 1.54) is 31.4 Å². The molecule has 0 unspecified atom stereocenters. The molecule has 26 heavy (non-hydrogen) atoms. The Bertz CT molecular complexity index is 901. The summed E-state index contributed by atoms with van der Waals surface area (Å²) in [5, 5.41) is 0. The minimum absolute atomic E-state index is 0.0213. The van der Waals surface area contributed by atoms with E-state index in [1.54, 1.807) is 0 Å². The van der Waals surface area contributed by atoms with Gasteiger partial charge >= 0.3 is 5.97 Å². The number of halogens is 3. The Morgan fingerprint density at radius 1 is 1.04 bits per heavy atom. The molecule has 6 nitrogen and oxygen atoms in total. The standard InChI is InChI=1S/C16H14F3NO5S/c1-24-14(21)8-9-25-10-2-4-11(5-3-10)26(22,23)20-13-7-6-12(17)15(18)16(13)19/h2-7,20H,8-9H2,1H3. The molecule has 0 aliphatic heterocycles. The lowest BCUT2D eigenvalue weighted by Crippen LogP contribution is -2.15. The summed E-state index contributed by atoms with van der Waals surface area (Å²) >= 11 is 0. The van der Waals surface area contributed by atoms with E-state index in [0.29, 0.717) is 11.8 Å². The molecule has 2 aromatic rings. The first-order valence-electron chi connectivity index (χ1n) is 7.20. The van der Waals surface area contributed by atoms with Crippen LogP contribution < -0.4 is 9.46 Å². The molecule has 10 heteroatoms. The van der Waals surface area contributed by atoms with E-state index in [0.717, 1.165) is 6.07 Å². The zero-order valence-corrected chi connectivity index (χ0v) is 14.3. The van der Waals surface area contributed by atoms with Gasteiger partial charge in [0.2, 0.25) is 0 Å². The second-order valence-corrected chi connectivity index (χ2v) is 6.66. The van der Waals surface area contributed by atoms with Crippen LogP contribution in [0.4, 0.5) is 18.9 Å². The van der Waals surface area contributed by atoms with Crippen LogP contribution in [0.25, 0.3) is 0 Å². The van der Waals surface area contributed by atoms with Gasteiger partial charge in [0.25, 0.3) is 10.0 Å². The summed E-state index contributed by atoms with van der Waals surface area (Å²) in [7, 11) is -2.99. The minimum Gasteiger partial charge on any atom is -0.493 e. The van der Waals surface area contributed by atoms with Crippen LogP contribution in [0.2, 0.25) is 0 Å². The lowest BCUT2D eigenvalue weighted by atomic mass is 10.3. The summed E-state index contributed by atoms with van der Waals surface area (Å²) in [6.45, 7) is 0.0388. The maximum Gasteiger partial charge on any atom is 0.308 e. The van der Waals surface area contributed by atoms with Crippen LogP contribution in [0.1, 0.15) is 6.42 Å². The van der Waals surface area contributed by atoms with Crippen molar-refractivity contribution >= 4 is 21.7 Å². The molecular formula is C16H14F3NO5S. The molecule has 0 saturated heterocycles. The Hall–Kier alpha value is -2.75. The molecule has 0 heterocycles. The molecule has 2 aromatic carbocycles. The number of nitrogens with one attached hydrogen (secondary N) is 1. The van der Waals surface area contributed by atoms with Gasteiger partial charge in [0, 0.05) is 0 Å². The third-order valence-electron chi connectivity index (χ3n) is 3.22. The van der Waals surface area contributed by atoms with Gasteiger partial charge in [-0.3, -0.25) is 9.52 Å². The van der Waals surface area contributed by atoms with Crippen molar-refractivity contribution in [2.24, 2.45) is 0 Å². The van der Waals surface area contributed by atoms with Crippen molar-refractivity contribution in [2.75, 3.05) is 18.4 Å². The summed E-state index contributed by atoms with van der Waals surface area (Å²) in [6.07, 6.45) is 0.0213. The monoisotopic (exact) mass is 389 g/mol. The van der Waals surface area contributed by atoms with Crippen molar-refractivity contribution < 1.29 is 35.9 Å². The molecule has 0 aromatic heterocycles. The highest BCUT2D eigenvalue weighted by Gasteiger charge is 2.20. The fourth-order valence-electron chi connectivity index (χ4n) is 1.88. The molecule has 0 radical (unpaired) electrons. The molecule has 0 bridgehead atoms. The van der Waals surface area contributed by atoms with Gasteiger partial charge in [-0.25, -0.2) is 21.6 Å². The predicted molar refractivity (Wildman–Crippen MR) is 85.7 cm³/mol. The Morgan fingerprint density at radius 2 is 1.69 bits per heavy atom. The topological polar surface area (TPSA) is 81.7 Å². The van der Waals surface area contributed by atoms with E-state index in [1.807, 2.05) is 4.72 Å². The van der Waals surface area contributed by atoms with Crippen molar-refractivity contribution in [1.82, 2.24) is 0 Å². The molecule has 0 spiro atoms. The Balaban J connectivity index is 2.10. The summed E-state index contributed by atoms with van der Waals surface area (Å²) < 4.78 is 75.6. The fourth-order valence-corrected chi connectivity index (χ4v) is 2.94.